The van der Waals surface area contributed by atoms with Crippen molar-refractivity contribution in [2.45, 2.75) is 32.0 Å². The number of carbonyl (C=O) groups is 2. The van der Waals surface area contributed by atoms with E-state index in [4.69, 9.17) is 9.47 Å². The van der Waals surface area contributed by atoms with Crippen LogP contribution in [0.15, 0.2) is 18.2 Å². The Bertz CT molecular complexity index is 615. The lowest BCUT2D eigenvalue weighted by Crippen LogP contribution is -2.41. The molecule has 2 fully saturated rings. The molecule has 0 aromatic heterocycles. The van der Waals surface area contributed by atoms with Crippen molar-refractivity contribution in [1.29, 1.82) is 0 Å². The summed E-state index contributed by atoms with van der Waals surface area (Å²) in [6.45, 7) is 1.87. The predicted molar refractivity (Wildman–Crippen MR) is 78.9 cm³/mol. The number of nitrogens with one attached hydrogen (secondary N) is 1. The van der Waals surface area contributed by atoms with Gasteiger partial charge in [-0.1, -0.05) is 0 Å². The Labute approximate surface area is 128 Å². The molecule has 6 heteroatoms. The minimum absolute atomic E-state index is 0.284. The summed E-state index contributed by atoms with van der Waals surface area (Å²) in [6, 6.07) is 5.34. The molecule has 1 aromatic carbocycles. The van der Waals surface area contributed by atoms with Gasteiger partial charge in [-0.25, -0.2) is 0 Å². The molecule has 1 aromatic rings. The fraction of sp³-hybridized carbons (Fsp3) is 0.500. The Morgan fingerprint density at radius 2 is 1.95 bits per heavy atom. The number of carboxylic acid groups (broad SMARTS) is 1. The third-order valence-electron chi connectivity index (χ3n) is 4.55. The summed E-state index contributed by atoms with van der Waals surface area (Å²) in [5.41, 5.74) is 1.53. The molecule has 22 heavy (non-hydrogen) atoms. The van der Waals surface area contributed by atoms with Crippen molar-refractivity contribution in [2.24, 2.45) is 11.8 Å². The fourth-order valence-corrected chi connectivity index (χ4v) is 3.44. The first-order valence-electron chi connectivity index (χ1n) is 7.35. The Balaban J connectivity index is 1.78. The second kappa shape index (κ2) is 5.61. The molecular weight excluding hydrogens is 286 g/mol. The van der Waals surface area contributed by atoms with Gasteiger partial charge in [0.15, 0.2) is 0 Å². The first kappa shape index (κ1) is 14.8. The molecule has 0 unspecified atom stereocenters. The fourth-order valence-electron chi connectivity index (χ4n) is 3.44. The molecule has 2 bridgehead atoms. The third-order valence-corrected chi connectivity index (χ3v) is 4.55. The first-order valence-corrected chi connectivity index (χ1v) is 7.35. The largest absolute Gasteiger partial charge is 0.497 e. The summed E-state index contributed by atoms with van der Waals surface area (Å²) in [5, 5.41) is 12.2. The Morgan fingerprint density at radius 3 is 2.55 bits per heavy atom. The van der Waals surface area contributed by atoms with E-state index in [9.17, 15) is 14.7 Å². The number of benzene rings is 1. The van der Waals surface area contributed by atoms with Crippen LogP contribution in [0.25, 0.3) is 0 Å². The highest BCUT2D eigenvalue weighted by molar-refractivity contribution is 5.96. The van der Waals surface area contributed by atoms with Crippen LogP contribution in [-0.2, 0) is 14.3 Å². The number of ether oxygens (including phenoxy) is 2. The van der Waals surface area contributed by atoms with E-state index < -0.39 is 17.8 Å². The molecule has 2 N–H and O–H groups in total. The van der Waals surface area contributed by atoms with Gasteiger partial charge in [0.2, 0.25) is 5.91 Å². The van der Waals surface area contributed by atoms with Gasteiger partial charge in [0.05, 0.1) is 31.2 Å². The van der Waals surface area contributed by atoms with Crippen LogP contribution in [0.1, 0.15) is 18.4 Å². The average Bonchev–Trinajstić information content (AvgIpc) is 3.09. The zero-order chi connectivity index (χ0) is 15.9. The summed E-state index contributed by atoms with van der Waals surface area (Å²) in [7, 11) is 1.58. The Kier molecular flexibility index (Phi) is 3.78. The molecule has 1 amide bonds. The van der Waals surface area contributed by atoms with Crippen LogP contribution in [0.2, 0.25) is 0 Å². The zero-order valence-corrected chi connectivity index (χ0v) is 12.5. The highest BCUT2D eigenvalue weighted by Gasteiger charge is 2.55. The van der Waals surface area contributed by atoms with E-state index in [1.54, 1.807) is 19.2 Å². The van der Waals surface area contributed by atoms with Crippen LogP contribution < -0.4 is 10.1 Å². The van der Waals surface area contributed by atoms with Crippen molar-refractivity contribution in [1.82, 2.24) is 0 Å². The first-order chi connectivity index (χ1) is 10.5. The Hall–Kier alpha value is -2.08. The maximum absolute atomic E-state index is 12.5. The lowest BCUT2D eigenvalue weighted by molar-refractivity contribution is -0.147. The highest BCUT2D eigenvalue weighted by atomic mass is 16.5. The average molecular weight is 305 g/mol. The molecular formula is C16H19NO5. The van der Waals surface area contributed by atoms with Gasteiger partial charge in [0.1, 0.15) is 5.75 Å². The van der Waals surface area contributed by atoms with Gasteiger partial charge in [-0.15, -0.1) is 0 Å². The molecule has 118 valence electrons. The van der Waals surface area contributed by atoms with Crippen LogP contribution in [0.3, 0.4) is 0 Å². The summed E-state index contributed by atoms with van der Waals surface area (Å²) in [4.78, 5) is 24.0. The number of carbonyl (C=O) groups excluding carboxylic acids is 1. The van der Waals surface area contributed by atoms with E-state index in [-0.39, 0.29) is 18.1 Å². The second-order valence-electron chi connectivity index (χ2n) is 5.85. The van der Waals surface area contributed by atoms with Gasteiger partial charge in [0, 0.05) is 5.69 Å². The lowest BCUT2D eigenvalue weighted by atomic mass is 9.78. The SMILES string of the molecule is COc1ccc(NC(=O)[C@@H]2[C@@H](C(=O)O)[C@H]3CC[C@@H]2O3)c(C)c1. The summed E-state index contributed by atoms with van der Waals surface area (Å²) < 4.78 is 10.8. The number of hydrogen-bond donors (Lipinski definition) is 2. The van der Waals surface area contributed by atoms with Gasteiger partial charge in [-0.05, 0) is 43.5 Å². The molecule has 4 atom stereocenters. The molecule has 6 nitrogen and oxygen atoms in total. The molecule has 3 rings (SSSR count). The van der Waals surface area contributed by atoms with Gasteiger partial charge in [0.25, 0.3) is 0 Å². The number of fused-ring (bicyclic) bond motifs is 2. The van der Waals surface area contributed by atoms with Crippen molar-refractivity contribution in [3.05, 3.63) is 23.8 Å². The second-order valence-corrected chi connectivity index (χ2v) is 5.85. The van der Waals surface area contributed by atoms with E-state index >= 15 is 0 Å². The summed E-state index contributed by atoms with van der Waals surface area (Å²) in [5.74, 6) is -1.91. The number of aliphatic carboxylic acids is 1. The molecule has 2 saturated heterocycles. The number of hydrogen-bond acceptors (Lipinski definition) is 4. The number of methoxy groups -OCH3 is 1. The maximum Gasteiger partial charge on any atom is 0.310 e. The zero-order valence-electron chi connectivity index (χ0n) is 12.5. The molecule has 0 saturated carbocycles. The minimum Gasteiger partial charge on any atom is -0.497 e. The van der Waals surface area contributed by atoms with Crippen molar-refractivity contribution >= 4 is 17.6 Å². The molecule has 0 radical (unpaired) electrons. The predicted octanol–water partition coefficient (Wildman–Crippen LogP) is 1.82. The molecule has 0 spiro atoms. The van der Waals surface area contributed by atoms with Crippen molar-refractivity contribution in [3.63, 3.8) is 0 Å². The van der Waals surface area contributed by atoms with Crippen molar-refractivity contribution in [3.8, 4) is 5.75 Å². The van der Waals surface area contributed by atoms with Crippen LogP contribution in [0.5, 0.6) is 5.75 Å². The van der Waals surface area contributed by atoms with Gasteiger partial charge >= 0.3 is 5.97 Å². The van der Waals surface area contributed by atoms with E-state index in [1.807, 2.05) is 13.0 Å². The van der Waals surface area contributed by atoms with Crippen molar-refractivity contribution < 1.29 is 24.2 Å². The molecule has 2 aliphatic heterocycles. The van der Waals surface area contributed by atoms with Crippen molar-refractivity contribution in [2.75, 3.05) is 12.4 Å². The molecule has 2 aliphatic rings. The van der Waals surface area contributed by atoms with E-state index in [0.29, 0.717) is 17.9 Å². The number of carboxylic acids is 1. The molecule has 2 heterocycles. The smallest absolute Gasteiger partial charge is 0.310 e. The van der Waals surface area contributed by atoms with Gasteiger partial charge in [-0.2, -0.15) is 0 Å². The van der Waals surface area contributed by atoms with Crippen LogP contribution in [0.4, 0.5) is 5.69 Å². The number of aryl methyl sites for hydroxylation is 1. The highest BCUT2D eigenvalue weighted by Crippen LogP contribution is 2.44. The van der Waals surface area contributed by atoms with Crippen LogP contribution in [-0.4, -0.2) is 36.3 Å². The molecule has 0 aliphatic carbocycles. The Morgan fingerprint density at radius 1 is 1.27 bits per heavy atom. The number of anilines is 1. The van der Waals surface area contributed by atoms with E-state index in [2.05, 4.69) is 5.32 Å². The number of rotatable bonds is 4. The lowest BCUT2D eigenvalue weighted by Gasteiger charge is -2.24. The van der Waals surface area contributed by atoms with Gasteiger partial charge in [-0.3, -0.25) is 9.59 Å². The number of amides is 1. The monoisotopic (exact) mass is 305 g/mol. The maximum atomic E-state index is 12.5. The van der Waals surface area contributed by atoms with Crippen LogP contribution in [0, 0.1) is 18.8 Å². The summed E-state index contributed by atoms with van der Waals surface area (Å²) >= 11 is 0. The third kappa shape index (κ3) is 2.43. The van der Waals surface area contributed by atoms with Gasteiger partial charge < -0.3 is 19.9 Å². The van der Waals surface area contributed by atoms with E-state index in [0.717, 1.165) is 12.0 Å². The van der Waals surface area contributed by atoms with E-state index in [1.165, 1.54) is 0 Å². The summed E-state index contributed by atoms with van der Waals surface area (Å²) in [6.07, 6.45) is 0.834. The topological polar surface area (TPSA) is 84.9 Å². The quantitative estimate of drug-likeness (QED) is 0.886. The standard InChI is InChI=1S/C16H19NO5/c1-8-7-9(21-2)3-4-10(8)17-15(18)13-11-5-6-12(22-11)14(13)16(19)20/h3-4,7,11-14H,5-6H2,1-2H3,(H,17,18)(H,19,20)/t11-,12+,13-,14-/m0/s1. The van der Waals surface area contributed by atoms with Crippen LogP contribution >= 0.6 is 0 Å². The minimum atomic E-state index is -0.959. The normalized spacial score (nSPS) is 29.4.